The van der Waals surface area contributed by atoms with E-state index in [4.69, 9.17) is 9.15 Å². The molecule has 1 amide bonds. The molecule has 1 heterocycles. The summed E-state index contributed by atoms with van der Waals surface area (Å²) in [4.78, 5) is 23.1. The van der Waals surface area contributed by atoms with Crippen LogP contribution in [0.2, 0.25) is 0 Å². The maximum Gasteiger partial charge on any atom is 0.269 e. The molecule has 0 saturated carbocycles. The normalized spacial score (nSPS) is 12.2. The summed E-state index contributed by atoms with van der Waals surface area (Å²) >= 11 is 0. The summed E-state index contributed by atoms with van der Waals surface area (Å²) in [5, 5.41) is 14.7. The van der Waals surface area contributed by atoms with Crippen molar-refractivity contribution in [2.24, 2.45) is 5.10 Å². The summed E-state index contributed by atoms with van der Waals surface area (Å²) in [5.41, 5.74) is 3.20. The summed E-state index contributed by atoms with van der Waals surface area (Å²) in [6, 6.07) is 23.4. The number of rotatable bonds is 10. The second-order valence-corrected chi connectivity index (χ2v) is 10.2. The highest BCUT2D eigenvalue weighted by molar-refractivity contribution is 7.92. The van der Waals surface area contributed by atoms with E-state index in [1.54, 1.807) is 60.7 Å². The maximum absolute atomic E-state index is 12.8. The zero-order valence-electron chi connectivity index (χ0n) is 20.9. The summed E-state index contributed by atoms with van der Waals surface area (Å²) in [7, 11) is -3.83. The van der Waals surface area contributed by atoms with Crippen molar-refractivity contribution in [2.75, 3.05) is 10.6 Å². The van der Waals surface area contributed by atoms with Gasteiger partial charge in [0.25, 0.3) is 11.6 Å². The third-order valence-electron chi connectivity index (χ3n) is 5.51. The molecule has 0 aliphatic heterocycles. The molecule has 0 unspecified atom stereocenters. The van der Waals surface area contributed by atoms with Crippen molar-refractivity contribution in [3.63, 3.8) is 0 Å². The fraction of sp³-hybridized carbons (Fsp3) is 0.111. The van der Waals surface area contributed by atoms with Crippen LogP contribution in [0.4, 0.5) is 11.4 Å². The molecule has 0 radical (unpaired) electrons. The summed E-state index contributed by atoms with van der Waals surface area (Å²) in [6.07, 6.45) is 2.27. The van der Waals surface area contributed by atoms with E-state index in [1.807, 2.05) is 18.2 Å². The van der Waals surface area contributed by atoms with E-state index >= 15 is 0 Å². The second kappa shape index (κ2) is 11.6. The van der Waals surface area contributed by atoms with E-state index in [9.17, 15) is 23.3 Å². The number of amides is 1. The van der Waals surface area contributed by atoms with Crippen molar-refractivity contribution in [2.45, 2.75) is 13.0 Å². The monoisotopic (exact) mass is 548 g/mol. The number of hydrazone groups is 1. The van der Waals surface area contributed by atoms with Gasteiger partial charge in [-0.15, -0.1) is 0 Å². The molecule has 1 atom stereocenters. The Hall–Kier alpha value is -4.97. The van der Waals surface area contributed by atoms with Crippen LogP contribution in [-0.2, 0) is 14.8 Å². The first kappa shape index (κ1) is 27.1. The Kier molecular flexibility index (Phi) is 8.06. The van der Waals surface area contributed by atoms with Gasteiger partial charge in [0, 0.05) is 17.7 Å². The Balaban J connectivity index is 1.41. The van der Waals surface area contributed by atoms with E-state index in [0.29, 0.717) is 28.6 Å². The smallest absolute Gasteiger partial charge is 0.269 e. The van der Waals surface area contributed by atoms with E-state index < -0.39 is 26.9 Å². The first-order chi connectivity index (χ1) is 18.6. The molecule has 0 aliphatic carbocycles. The molecular formula is C27H24N4O7S. The second-order valence-electron chi connectivity index (χ2n) is 8.38. The maximum atomic E-state index is 12.8. The van der Waals surface area contributed by atoms with E-state index in [0.717, 1.165) is 10.6 Å². The van der Waals surface area contributed by atoms with Crippen molar-refractivity contribution in [1.82, 2.24) is 5.43 Å². The number of para-hydroxylation sites is 1. The molecule has 0 saturated heterocycles. The SMILES string of the molecule is C[C@H](C(=O)N/N=C\c1ccc(-c2ccc([N+](=O)[O-])cc2)o1)N(c1ccc(Oc2ccccc2)cc1)S(C)(=O)=O. The number of nitro groups is 1. The Morgan fingerprint density at radius 1 is 1.00 bits per heavy atom. The number of ether oxygens (including phenoxy) is 1. The molecular weight excluding hydrogens is 524 g/mol. The largest absolute Gasteiger partial charge is 0.457 e. The lowest BCUT2D eigenvalue weighted by molar-refractivity contribution is -0.384. The number of sulfonamides is 1. The molecule has 200 valence electrons. The van der Waals surface area contributed by atoms with Gasteiger partial charge in [0.1, 0.15) is 29.1 Å². The Labute approximate surface area is 224 Å². The first-order valence-electron chi connectivity index (χ1n) is 11.6. The first-order valence-corrected chi connectivity index (χ1v) is 13.5. The number of furan rings is 1. The zero-order valence-corrected chi connectivity index (χ0v) is 21.7. The number of anilines is 1. The Bertz CT molecular complexity index is 1580. The quantitative estimate of drug-likeness (QED) is 0.168. The Morgan fingerprint density at radius 2 is 1.64 bits per heavy atom. The summed E-state index contributed by atoms with van der Waals surface area (Å²) in [5.74, 6) is 1.24. The predicted octanol–water partition coefficient (Wildman–Crippen LogP) is 4.95. The van der Waals surface area contributed by atoms with Crippen molar-refractivity contribution in [3.05, 3.63) is 107 Å². The minimum Gasteiger partial charge on any atom is -0.457 e. The molecule has 4 rings (SSSR count). The van der Waals surface area contributed by atoms with Crippen LogP contribution in [0, 0.1) is 10.1 Å². The van der Waals surface area contributed by atoms with Crippen LogP contribution >= 0.6 is 0 Å². The number of hydrogen-bond donors (Lipinski definition) is 1. The fourth-order valence-electron chi connectivity index (χ4n) is 3.67. The molecule has 3 aromatic carbocycles. The average Bonchev–Trinajstić information content (AvgIpc) is 3.38. The molecule has 1 aromatic heterocycles. The molecule has 0 bridgehead atoms. The highest BCUT2D eigenvalue weighted by atomic mass is 32.2. The van der Waals surface area contributed by atoms with E-state index in [2.05, 4.69) is 10.5 Å². The van der Waals surface area contributed by atoms with Crippen LogP contribution < -0.4 is 14.5 Å². The van der Waals surface area contributed by atoms with E-state index in [-0.39, 0.29) is 11.4 Å². The number of nitrogens with zero attached hydrogens (tertiary/aromatic N) is 3. The molecule has 0 fully saturated rings. The molecule has 1 N–H and O–H groups in total. The standard InChI is InChI=1S/C27H24N4O7S/c1-19(30(39(2,35)36)21-12-14-24(15-13-21)37-23-6-4-3-5-7-23)27(32)29-28-18-25-16-17-26(38-25)20-8-10-22(11-9-20)31(33)34/h3-19H,1-2H3,(H,29,32)/b28-18-/t19-/m1/s1. The zero-order chi connectivity index (χ0) is 28.0. The Morgan fingerprint density at radius 3 is 2.26 bits per heavy atom. The van der Waals surface area contributed by atoms with Crippen molar-refractivity contribution >= 4 is 33.5 Å². The number of nitro benzene ring substituents is 1. The lowest BCUT2D eigenvalue weighted by atomic mass is 10.1. The lowest BCUT2D eigenvalue weighted by Gasteiger charge is -2.27. The third-order valence-corrected chi connectivity index (χ3v) is 6.76. The number of carbonyl (C=O) groups excluding carboxylic acids is 1. The highest BCUT2D eigenvalue weighted by Crippen LogP contribution is 2.27. The minimum absolute atomic E-state index is 0.0384. The number of nitrogens with one attached hydrogen (secondary N) is 1. The van der Waals surface area contributed by atoms with Gasteiger partial charge in [-0.1, -0.05) is 18.2 Å². The van der Waals surface area contributed by atoms with Crippen LogP contribution in [0.1, 0.15) is 12.7 Å². The molecule has 4 aromatic rings. The van der Waals surface area contributed by atoms with Crippen LogP contribution in [0.25, 0.3) is 11.3 Å². The molecule has 12 heteroatoms. The predicted molar refractivity (Wildman–Crippen MR) is 146 cm³/mol. The van der Waals surface area contributed by atoms with Gasteiger partial charge in [0.15, 0.2) is 0 Å². The van der Waals surface area contributed by atoms with Gasteiger partial charge in [0.05, 0.1) is 23.1 Å². The van der Waals surface area contributed by atoms with Gasteiger partial charge < -0.3 is 9.15 Å². The number of non-ortho nitro benzene ring substituents is 1. The summed E-state index contributed by atoms with van der Waals surface area (Å²) in [6.45, 7) is 1.44. The molecule has 0 aliphatic rings. The number of benzene rings is 3. The molecule has 0 spiro atoms. The molecule has 39 heavy (non-hydrogen) atoms. The number of carbonyl (C=O) groups is 1. The van der Waals surface area contributed by atoms with Gasteiger partial charge in [-0.2, -0.15) is 5.10 Å². The van der Waals surface area contributed by atoms with Crippen molar-refractivity contribution in [3.8, 4) is 22.8 Å². The minimum atomic E-state index is -3.83. The van der Waals surface area contributed by atoms with Crippen molar-refractivity contribution < 1.29 is 27.3 Å². The lowest BCUT2D eigenvalue weighted by Crippen LogP contribution is -2.46. The van der Waals surface area contributed by atoms with E-state index in [1.165, 1.54) is 25.3 Å². The van der Waals surface area contributed by atoms with Gasteiger partial charge >= 0.3 is 0 Å². The average molecular weight is 549 g/mol. The highest BCUT2D eigenvalue weighted by Gasteiger charge is 2.29. The van der Waals surface area contributed by atoms with Gasteiger partial charge in [-0.25, -0.2) is 13.8 Å². The van der Waals surface area contributed by atoms with Crippen LogP contribution in [0.15, 0.2) is 101 Å². The van der Waals surface area contributed by atoms with Crippen LogP contribution in [0.3, 0.4) is 0 Å². The summed E-state index contributed by atoms with van der Waals surface area (Å²) < 4.78 is 37.5. The third kappa shape index (κ3) is 6.87. The van der Waals surface area contributed by atoms with Gasteiger partial charge in [-0.3, -0.25) is 19.2 Å². The van der Waals surface area contributed by atoms with Crippen LogP contribution in [-0.4, -0.2) is 37.8 Å². The molecule has 11 nitrogen and oxygen atoms in total. The fourth-order valence-corrected chi connectivity index (χ4v) is 4.85. The van der Waals surface area contributed by atoms with Gasteiger partial charge in [-0.05, 0) is 67.6 Å². The topological polar surface area (TPSA) is 144 Å². The number of hydrogen-bond acceptors (Lipinski definition) is 8. The van der Waals surface area contributed by atoms with Gasteiger partial charge in [0.2, 0.25) is 10.0 Å². The van der Waals surface area contributed by atoms with Crippen molar-refractivity contribution in [1.29, 1.82) is 0 Å². The van der Waals surface area contributed by atoms with Crippen LogP contribution in [0.5, 0.6) is 11.5 Å².